The Hall–Kier alpha value is -1.84. The monoisotopic (exact) mass is 264 g/mol. The third kappa shape index (κ3) is 4.39. The van der Waals surface area contributed by atoms with Gasteiger partial charge in [-0.05, 0) is 24.6 Å². The van der Waals surface area contributed by atoms with Gasteiger partial charge < -0.3 is 9.47 Å². The second kappa shape index (κ2) is 6.36. The van der Waals surface area contributed by atoms with Crippen molar-refractivity contribution in [1.29, 1.82) is 0 Å². The molecule has 1 aromatic rings. The Morgan fingerprint density at radius 1 is 0.895 bits per heavy atom. The maximum atomic E-state index is 11.6. The summed E-state index contributed by atoms with van der Waals surface area (Å²) in [5.74, 6) is -0.631. The van der Waals surface area contributed by atoms with Gasteiger partial charge in [0.05, 0.1) is 11.8 Å². The maximum absolute atomic E-state index is 11.6. The van der Waals surface area contributed by atoms with Crippen LogP contribution in [0.25, 0.3) is 0 Å². The molecule has 0 aliphatic carbocycles. The Kier molecular flexibility index (Phi) is 5.10. The predicted octanol–water partition coefficient (Wildman–Crippen LogP) is 3.12. The molecule has 19 heavy (non-hydrogen) atoms. The summed E-state index contributed by atoms with van der Waals surface area (Å²) in [5, 5.41) is 0. The zero-order valence-corrected chi connectivity index (χ0v) is 12.0. The Morgan fingerprint density at radius 3 is 1.84 bits per heavy atom. The zero-order chi connectivity index (χ0) is 14.6. The lowest BCUT2D eigenvalue weighted by atomic mass is 10.2. The molecule has 0 atom stereocenters. The van der Waals surface area contributed by atoms with Crippen LogP contribution >= 0.6 is 0 Å². The van der Waals surface area contributed by atoms with E-state index in [1.165, 1.54) is 0 Å². The van der Waals surface area contributed by atoms with Gasteiger partial charge in [-0.3, -0.25) is 9.59 Å². The molecule has 104 valence electrons. The van der Waals surface area contributed by atoms with Crippen molar-refractivity contribution in [1.82, 2.24) is 0 Å². The van der Waals surface area contributed by atoms with Crippen molar-refractivity contribution < 1.29 is 19.1 Å². The quantitative estimate of drug-likeness (QED) is 0.619. The standard InChI is InChI=1S/C15H20O4/c1-9(2)14(16)18-12-7-6-11(5)8-13(12)19-15(17)10(3)4/h6-10H,1-5H3. The van der Waals surface area contributed by atoms with Gasteiger partial charge in [-0.25, -0.2) is 0 Å². The van der Waals surface area contributed by atoms with Crippen molar-refractivity contribution in [3.63, 3.8) is 0 Å². The van der Waals surface area contributed by atoms with Gasteiger partial charge in [0.25, 0.3) is 0 Å². The summed E-state index contributed by atoms with van der Waals surface area (Å²) in [6.07, 6.45) is 0. The van der Waals surface area contributed by atoms with Gasteiger partial charge in [0, 0.05) is 0 Å². The molecular formula is C15H20O4. The van der Waals surface area contributed by atoms with E-state index in [9.17, 15) is 9.59 Å². The average Bonchev–Trinajstić information content (AvgIpc) is 2.32. The summed E-state index contributed by atoms with van der Waals surface area (Å²) in [7, 11) is 0. The number of esters is 2. The molecule has 0 spiro atoms. The largest absolute Gasteiger partial charge is 0.422 e. The highest BCUT2D eigenvalue weighted by Crippen LogP contribution is 2.29. The third-order valence-electron chi connectivity index (χ3n) is 2.46. The van der Waals surface area contributed by atoms with Gasteiger partial charge in [-0.2, -0.15) is 0 Å². The van der Waals surface area contributed by atoms with Crippen LogP contribution in [-0.4, -0.2) is 11.9 Å². The SMILES string of the molecule is Cc1ccc(OC(=O)C(C)C)c(OC(=O)C(C)C)c1. The van der Waals surface area contributed by atoms with Gasteiger partial charge in [0.15, 0.2) is 11.5 Å². The average molecular weight is 264 g/mol. The van der Waals surface area contributed by atoms with Crippen LogP contribution in [0, 0.1) is 18.8 Å². The van der Waals surface area contributed by atoms with Gasteiger partial charge in [-0.15, -0.1) is 0 Å². The summed E-state index contributed by atoms with van der Waals surface area (Å²) in [6, 6.07) is 5.12. The van der Waals surface area contributed by atoms with Crippen molar-refractivity contribution in [2.24, 2.45) is 11.8 Å². The van der Waals surface area contributed by atoms with Crippen LogP contribution in [0.1, 0.15) is 33.3 Å². The van der Waals surface area contributed by atoms with Crippen LogP contribution < -0.4 is 9.47 Å². The summed E-state index contributed by atoms with van der Waals surface area (Å²) in [5.41, 5.74) is 0.927. The van der Waals surface area contributed by atoms with E-state index in [4.69, 9.17) is 9.47 Å². The first-order valence-corrected chi connectivity index (χ1v) is 6.35. The van der Waals surface area contributed by atoms with Crippen LogP contribution in [0.2, 0.25) is 0 Å². The minimum Gasteiger partial charge on any atom is -0.422 e. The molecule has 0 saturated heterocycles. The highest BCUT2D eigenvalue weighted by molar-refractivity contribution is 5.78. The molecule has 0 N–H and O–H groups in total. The molecule has 0 aromatic heterocycles. The predicted molar refractivity (Wildman–Crippen MR) is 72.1 cm³/mol. The summed E-state index contributed by atoms with van der Waals surface area (Å²) < 4.78 is 10.5. The van der Waals surface area contributed by atoms with E-state index in [1.54, 1.807) is 45.9 Å². The number of benzene rings is 1. The molecule has 0 fully saturated rings. The lowest BCUT2D eigenvalue weighted by Gasteiger charge is -2.13. The smallest absolute Gasteiger partial charge is 0.313 e. The fraction of sp³-hybridized carbons (Fsp3) is 0.467. The highest BCUT2D eigenvalue weighted by atomic mass is 16.6. The summed E-state index contributed by atoms with van der Waals surface area (Å²) in [4.78, 5) is 23.2. The van der Waals surface area contributed by atoms with E-state index in [2.05, 4.69) is 0 Å². The Balaban J connectivity index is 2.98. The summed E-state index contributed by atoms with van der Waals surface area (Å²) >= 11 is 0. The van der Waals surface area contributed by atoms with Gasteiger partial charge in [0.2, 0.25) is 0 Å². The third-order valence-corrected chi connectivity index (χ3v) is 2.46. The second-order valence-electron chi connectivity index (χ2n) is 5.10. The minimum atomic E-state index is -0.356. The van der Waals surface area contributed by atoms with Crippen LogP contribution in [0.4, 0.5) is 0 Å². The van der Waals surface area contributed by atoms with Crippen LogP contribution in [0.3, 0.4) is 0 Å². The van der Waals surface area contributed by atoms with Gasteiger partial charge in [0.1, 0.15) is 0 Å². The van der Waals surface area contributed by atoms with E-state index in [1.807, 2.05) is 6.92 Å². The Bertz CT molecular complexity index is 475. The van der Waals surface area contributed by atoms with Crippen molar-refractivity contribution in [2.75, 3.05) is 0 Å². The molecule has 0 aliphatic rings. The van der Waals surface area contributed by atoms with Crippen molar-refractivity contribution in [3.05, 3.63) is 23.8 Å². The number of hydrogen-bond acceptors (Lipinski definition) is 4. The number of carbonyl (C=O) groups is 2. The highest BCUT2D eigenvalue weighted by Gasteiger charge is 2.17. The number of aryl methyl sites for hydroxylation is 1. The zero-order valence-electron chi connectivity index (χ0n) is 12.0. The molecule has 1 rings (SSSR count). The minimum absolute atomic E-state index is 0.241. The Morgan fingerprint density at radius 2 is 1.37 bits per heavy atom. The molecule has 1 aromatic carbocycles. The molecule has 0 amide bonds. The van der Waals surface area contributed by atoms with E-state index >= 15 is 0 Å². The maximum Gasteiger partial charge on any atom is 0.313 e. The first kappa shape index (κ1) is 15.2. The van der Waals surface area contributed by atoms with E-state index < -0.39 is 0 Å². The number of rotatable bonds is 4. The van der Waals surface area contributed by atoms with Crippen molar-refractivity contribution >= 4 is 11.9 Å². The molecule has 0 aliphatic heterocycles. The van der Waals surface area contributed by atoms with E-state index in [0.717, 1.165) is 5.56 Å². The molecule has 0 heterocycles. The van der Waals surface area contributed by atoms with Crippen LogP contribution in [0.15, 0.2) is 18.2 Å². The van der Waals surface area contributed by atoms with Crippen LogP contribution in [0.5, 0.6) is 11.5 Å². The molecule has 0 bridgehead atoms. The molecule has 0 saturated carbocycles. The topological polar surface area (TPSA) is 52.6 Å². The normalized spacial score (nSPS) is 10.7. The first-order valence-electron chi connectivity index (χ1n) is 6.35. The van der Waals surface area contributed by atoms with Crippen molar-refractivity contribution in [3.8, 4) is 11.5 Å². The Labute approximate surface area is 113 Å². The lowest BCUT2D eigenvalue weighted by molar-refractivity contribution is -0.140. The van der Waals surface area contributed by atoms with Gasteiger partial charge >= 0.3 is 11.9 Å². The molecule has 0 unspecified atom stereocenters. The van der Waals surface area contributed by atoms with E-state index in [0.29, 0.717) is 0 Å². The molecule has 4 nitrogen and oxygen atoms in total. The van der Waals surface area contributed by atoms with Gasteiger partial charge in [-0.1, -0.05) is 33.8 Å². The second-order valence-corrected chi connectivity index (χ2v) is 5.10. The molecule has 4 heteroatoms. The lowest BCUT2D eigenvalue weighted by Crippen LogP contribution is -2.18. The summed E-state index contributed by atoms with van der Waals surface area (Å²) in [6.45, 7) is 8.86. The van der Waals surface area contributed by atoms with Crippen molar-refractivity contribution in [2.45, 2.75) is 34.6 Å². The fourth-order valence-corrected chi connectivity index (χ4v) is 1.23. The van der Waals surface area contributed by atoms with E-state index in [-0.39, 0.29) is 35.3 Å². The number of ether oxygens (including phenoxy) is 2. The number of carbonyl (C=O) groups excluding carboxylic acids is 2. The fourth-order valence-electron chi connectivity index (χ4n) is 1.23. The molecule has 0 radical (unpaired) electrons. The first-order chi connectivity index (χ1) is 8.81. The molecular weight excluding hydrogens is 244 g/mol. The number of hydrogen-bond donors (Lipinski definition) is 0. The van der Waals surface area contributed by atoms with Crippen LogP contribution in [-0.2, 0) is 9.59 Å².